The maximum atomic E-state index is 11.9. The van der Waals surface area contributed by atoms with Crippen molar-refractivity contribution in [2.45, 2.75) is 65.4 Å². The summed E-state index contributed by atoms with van der Waals surface area (Å²) >= 11 is 6.09. The maximum absolute atomic E-state index is 11.9. The van der Waals surface area contributed by atoms with E-state index in [9.17, 15) is 4.79 Å². The molecule has 5 rings (SSSR count). The molecule has 1 heterocycles. The van der Waals surface area contributed by atoms with E-state index in [4.69, 9.17) is 21.1 Å². The average Bonchev–Trinajstić information content (AvgIpc) is 3.06. The molecule has 3 nitrogen and oxygen atoms in total. The number of fused-ring (bicyclic) bond motifs is 5. The third kappa shape index (κ3) is 3.71. The molecule has 0 amide bonds. The molecule has 0 radical (unpaired) electrons. The molecule has 168 valence electrons. The Labute approximate surface area is 191 Å². The monoisotopic (exact) mass is 442 g/mol. The van der Waals surface area contributed by atoms with Gasteiger partial charge >= 0.3 is 5.97 Å². The van der Waals surface area contributed by atoms with Crippen molar-refractivity contribution < 1.29 is 14.3 Å². The Bertz CT molecular complexity index is 881. The van der Waals surface area contributed by atoms with E-state index < -0.39 is 0 Å². The minimum absolute atomic E-state index is 0.000190. The number of esters is 1. The van der Waals surface area contributed by atoms with E-state index in [1.54, 1.807) is 6.08 Å². The lowest BCUT2D eigenvalue weighted by Crippen LogP contribution is -2.57. The molecule has 0 spiro atoms. The number of rotatable bonds is 4. The maximum Gasteiger partial charge on any atom is 0.330 e. The van der Waals surface area contributed by atoms with Crippen LogP contribution < -0.4 is 4.74 Å². The number of ether oxygens (including phenoxy) is 2. The van der Waals surface area contributed by atoms with Crippen molar-refractivity contribution in [1.82, 2.24) is 0 Å². The highest BCUT2D eigenvalue weighted by molar-refractivity contribution is 6.30. The molecule has 0 saturated heterocycles. The van der Waals surface area contributed by atoms with Gasteiger partial charge in [0.15, 0.2) is 0 Å². The van der Waals surface area contributed by atoms with Crippen molar-refractivity contribution in [3.05, 3.63) is 41.4 Å². The van der Waals surface area contributed by atoms with Gasteiger partial charge in [0, 0.05) is 16.5 Å². The highest BCUT2D eigenvalue weighted by Gasteiger charge is 2.61. The highest BCUT2D eigenvalue weighted by atomic mass is 35.5. The van der Waals surface area contributed by atoms with Crippen LogP contribution in [0.1, 0.15) is 59.3 Å². The third-order valence-electron chi connectivity index (χ3n) is 9.36. The Morgan fingerprint density at radius 2 is 2.06 bits per heavy atom. The topological polar surface area (TPSA) is 35.5 Å². The van der Waals surface area contributed by atoms with E-state index in [0.29, 0.717) is 17.3 Å². The quantitative estimate of drug-likeness (QED) is 0.487. The molecule has 0 bridgehead atoms. The molecular formula is C27H35ClO3. The summed E-state index contributed by atoms with van der Waals surface area (Å²) in [5.74, 6) is 4.15. The molecule has 1 aromatic carbocycles. The Kier molecular flexibility index (Phi) is 5.40. The van der Waals surface area contributed by atoms with Crippen LogP contribution in [0, 0.1) is 40.4 Å². The van der Waals surface area contributed by atoms with E-state index >= 15 is 0 Å². The minimum Gasteiger partial charge on any atom is -0.494 e. The first kappa shape index (κ1) is 21.4. The van der Waals surface area contributed by atoms with Crippen LogP contribution in [0.2, 0.25) is 5.02 Å². The molecule has 4 heteroatoms. The summed E-state index contributed by atoms with van der Waals surface area (Å²) < 4.78 is 11.8. The van der Waals surface area contributed by atoms with E-state index in [1.807, 2.05) is 24.3 Å². The van der Waals surface area contributed by atoms with Crippen LogP contribution in [0.4, 0.5) is 0 Å². The zero-order valence-corrected chi connectivity index (χ0v) is 19.7. The van der Waals surface area contributed by atoms with Gasteiger partial charge in [0.2, 0.25) is 0 Å². The number of hydrogen-bond donors (Lipinski definition) is 0. The molecule has 0 unspecified atom stereocenters. The molecule has 3 aliphatic carbocycles. The number of benzene rings is 1. The van der Waals surface area contributed by atoms with Gasteiger partial charge in [-0.1, -0.05) is 44.5 Å². The van der Waals surface area contributed by atoms with Crippen molar-refractivity contribution in [3.63, 3.8) is 0 Å². The van der Waals surface area contributed by atoms with E-state index in [-0.39, 0.29) is 17.5 Å². The summed E-state index contributed by atoms with van der Waals surface area (Å²) in [6.07, 6.45) is 11.2. The lowest BCUT2D eigenvalue weighted by molar-refractivity contribution is -0.173. The Hall–Kier alpha value is -1.48. The second kappa shape index (κ2) is 7.83. The first-order valence-electron chi connectivity index (χ1n) is 12.1. The normalized spacial score (nSPS) is 43.5. The summed E-state index contributed by atoms with van der Waals surface area (Å²) in [7, 11) is 0. The van der Waals surface area contributed by atoms with Crippen LogP contribution in [0.3, 0.4) is 0 Å². The van der Waals surface area contributed by atoms with Crippen LogP contribution in [-0.4, -0.2) is 18.7 Å². The first-order valence-corrected chi connectivity index (χ1v) is 12.4. The molecule has 31 heavy (non-hydrogen) atoms. The summed E-state index contributed by atoms with van der Waals surface area (Å²) in [5, 5.41) is 0.725. The number of halogens is 1. The molecule has 0 aromatic heterocycles. The fraction of sp³-hybridized carbons (Fsp3) is 0.667. The zero-order valence-electron chi connectivity index (χ0n) is 19.0. The van der Waals surface area contributed by atoms with Crippen LogP contribution in [-0.2, 0) is 9.53 Å². The summed E-state index contributed by atoms with van der Waals surface area (Å²) in [4.78, 5) is 11.9. The van der Waals surface area contributed by atoms with E-state index in [0.717, 1.165) is 48.0 Å². The van der Waals surface area contributed by atoms with Crippen molar-refractivity contribution in [2.24, 2.45) is 40.4 Å². The van der Waals surface area contributed by atoms with Gasteiger partial charge in [-0.2, -0.15) is 0 Å². The van der Waals surface area contributed by atoms with Crippen LogP contribution in [0.5, 0.6) is 5.75 Å². The van der Waals surface area contributed by atoms with Crippen LogP contribution in [0.25, 0.3) is 0 Å². The zero-order chi connectivity index (χ0) is 21.8. The van der Waals surface area contributed by atoms with Gasteiger partial charge in [-0.15, -0.1) is 0 Å². The van der Waals surface area contributed by atoms with Gasteiger partial charge in [-0.3, -0.25) is 0 Å². The molecule has 0 N–H and O–H groups in total. The first-order chi connectivity index (χ1) is 14.8. The van der Waals surface area contributed by atoms with Crippen molar-refractivity contribution in [2.75, 3.05) is 6.61 Å². The van der Waals surface area contributed by atoms with Crippen molar-refractivity contribution in [3.8, 4) is 5.75 Å². The van der Waals surface area contributed by atoms with Gasteiger partial charge in [-0.05, 0) is 91.7 Å². The summed E-state index contributed by atoms with van der Waals surface area (Å²) in [5.41, 5.74) is 0.439. The highest BCUT2D eigenvalue weighted by Crippen LogP contribution is 2.66. The molecule has 1 aliphatic heterocycles. The average molecular weight is 443 g/mol. The van der Waals surface area contributed by atoms with Gasteiger partial charge in [0.05, 0.1) is 6.61 Å². The molecular weight excluding hydrogens is 408 g/mol. The lowest BCUT2D eigenvalue weighted by Gasteiger charge is -2.59. The molecule has 3 fully saturated rings. The largest absolute Gasteiger partial charge is 0.494 e. The third-order valence-corrected chi connectivity index (χ3v) is 9.59. The fourth-order valence-electron chi connectivity index (χ4n) is 7.86. The predicted molar refractivity (Wildman–Crippen MR) is 123 cm³/mol. The fourth-order valence-corrected chi connectivity index (χ4v) is 8.04. The number of carbonyl (C=O) groups excluding carboxylic acids is 1. The van der Waals surface area contributed by atoms with E-state index in [2.05, 4.69) is 26.8 Å². The Morgan fingerprint density at radius 3 is 2.87 bits per heavy atom. The number of carbonyl (C=O) groups is 1. The van der Waals surface area contributed by atoms with E-state index in [1.165, 1.54) is 25.7 Å². The second-order valence-electron chi connectivity index (χ2n) is 11.2. The second-order valence-corrected chi connectivity index (χ2v) is 11.7. The van der Waals surface area contributed by atoms with Crippen LogP contribution in [0.15, 0.2) is 36.4 Å². The van der Waals surface area contributed by atoms with Gasteiger partial charge in [0.25, 0.3) is 0 Å². The van der Waals surface area contributed by atoms with Crippen molar-refractivity contribution >= 4 is 17.6 Å². The van der Waals surface area contributed by atoms with Gasteiger partial charge < -0.3 is 9.47 Å². The Balaban J connectivity index is 1.29. The molecule has 3 saturated carbocycles. The Morgan fingerprint density at radius 1 is 1.23 bits per heavy atom. The van der Waals surface area contributed by atoms with Crippen molar-refractivity contribution in [1.29, 1.82) is 0 Å². The molecule has 8 atom stereocenters. The summed E-state index contributed by atoms with van der Waals surface area (Å²) in [6.45, 7) is 8.06. The van der Waals surface area contributed by atoms with Crippen LogP contribution >= 0.6 is 11.6 Å². The van der Waals surface area contributed by atoms with Gasteiger partial charge in [0.1, 0.15) is 11.9 Å². The lowest BCUT2D eigenvalue weighted by atomic mass is 9.47. The molecule has 1 aromatic rings. The SMILES string of the molecule is C[C@H]1C[C@H]2OC(=O)C=C[C@]2(C)[C@H]2CC[C@]3(C)C[C@@H](CCOc4cccc(Cl)c4)C[C@H]3[C@H]12. The number of hydrogen-bond acceptors (Lipinski definition) is 3. The standard InChI is InChI=1S/C27H35ClO3/c1-17-13-23-27(3,11-8-24(29)31-23)21-7-10-26(2)16-18(14-22(26)25(17)21)9-12-30-20-6-4-5-19(28)15-20/h4-6,8,11,15,17-18,21-23,25H,7,9-10,12-14,16H2,1-3H3/t17-,18-,21-,22-,23+,25+,26+,27+/m0/s1. The summed E-state index contributed by atoms with van der Waals surface area (Å²) in [6, 6.07) is 7.70. The predicted octanol–water partition coefficient (Wildman–Crippen LogP) is 6.70. The van der Waals surface area contributed by atoms with Gasteiger partial charge in [-0.25, -0.2) is 4.79 Å². The minimum atomic E-state index is -0.158. The molecule has 4 aliphatic rings. The smallest absolute Gasteiger partial charge is 0.330 e.